The molecule has 2 aromatic carbocycles. The summed E-state index contributed by atoms with van der Waals surface area (Å²) >= 11 is 6.05. The fourth-order valence-corrected chi connectivity index (χ4v) is 4.66. The number of carbonyl (C=O) groups excluding carboxylic acids is 1. The number of aromatic nitrogens is 1. The van der Waals surface area contributed by atoms with E-state index in [4.69, 9.17) is 11.6 Å². The maximum atomic E-state index is 13.1. The van der Waals surface area contributed by atoms with Crippen molar-refractivity contribution in [1.29, 1.82) is 0 Å². The largest absolute Gasteiger partial charge is 0.384 e. The lowest BCUT2D eigenvalue weighted by atomic mass is 9.74. The third-order valence-electron chi connectivity index (χ3n) is 6.00. The molecule has 1 spiro atoms. The Morgan fingerprint density at radius 3 is 2.77 bits per heavy atom. The highest BCUT2D eigenvalue weighted by Crippen LogP contribution is 2.44. The maximum absolute atomic E-state index is 13.1. The maximum Gasteiger partial charge on any atom is 0.256 e. The zero-order chi connectivity index (χ0) is 17.7. The number of H-pyrrole nitrogens is 1. The number of fused-ring (bicyclic) bond motifs is 3. The van der Waals surface area contributed by atoms with Crippen molar-refractivity contribution >= 4 is 34.1 Å². The second kappa shape index (κ2) is 5.78. The number of hydrogen-bond acceptors (Lipinski definition) is 2. The van der Waals surface area contributed by atoms with Gasteiger partial charge >= 0.3 is 0 Å². The first-order chi connectivity index (χ1) is 12.7. The summed E-state index contributed by atoms with van der Waals surface area (Å²) in [6.07, 6.45) is 3.80. The molecule has 132 valence electrons. The number of nitrogens with one attached hydrogen (secondary N) is 2. The Labute approximate surface area is 157 Å². The molecule has 1 amide bonds. The van der Waals surface area contributed by atoms with E-state index in [1.807, 2.05) is 23.1 Å². The zero-order valence-electron chi connectivity index (χ0n) is 14.4. The topological polar surface area (TPSA) is 48.1 Å². The van der Waals surface area contributed by atoms with Gasteiger partial charge in [0.05, 0.1) is 5.56 Å². The van der Waals surface area contributed by atoms with Crippen molar-refractivity contribution < 1.29 is 4.79 Å². The summed E-state index contributed by atoms with van der Waals surface area (Å²) in [5, 5.41) is 5.15. The van der Waals surface area contributed by atoms with Crippen LogP contribution in [0.15, 0.2) is 48.7 Å². The van der Waals surface area contributed by atoms with Gasteiger partial charge in [-0.3, -0.25) is 4.79 Å². The molecule has 2 N–H and O–H groups in total. The van der Waals surface area contributed by atoms with Gasteiger partial charge in [0.2, 0.25) is 0 Å². The first-order valence-electron chi connectivity index (χ1n) is 9.06. The van der Waals surface area contributed by atoms with Crippen molar-refractivity contribution in [3.63, 3.8) is 0 Å². The van der Waals surface area contributed by atoms with Gasteiger partial charge in [0.25, 0.3) is 5.91 Å². The number of anilines is 1. The van der Waals surface area contributed by atoms with Crippen LogP contribution in [0.4, 0.5) is 5.69 Å². The second-order valence-corrected chi connectivity index (χ2v) is 7.80. The number of likely N-dealkylation sites (tertiary alicyclic amines) is 1. The minimum Gasteiger partial charge on any atom is -0.384 e. The molecule has 0 atom stereocenters. The first-order valence-corrected chi connectivity index (χ1v) is 9.43. The van der Waals surface area contributed by atoms with Crippen molar-refractivity contribution in [3.05, 3.63) is 64.8 Å². The predicted octanol–water partition coefficient (Wildman–Crippen LogP) is 4.42. The number of halogens is 1. The Balaban J connectivity index is 1.38. The van der Waals surface area contributed by atoms with Gasteiger partial charge < -0.3 is 15.2 Å². The second-order valence-electron chi connectivity index (χ2n) is 7.36. The fourth-order valence-electron chi connectivity index (χ4n) is 4.49. The molecule has 26 heavy (non-hydrogen) atoms. The van der Waals surface area contributed by atoms with E-state index < -0.39 is 0 Å². The van der Waals surface area contributed by atoms with Gasteiger partial charge in [-0.25, -0.2) is 0 Å². The van der Waals surface area contributed by atoms with Crippen LogP contribution in [0.5, 0.6) is 0 Å². The first kappa shape index (κ1) is 15.8. The predicted molar refractivity (Wildman–Crippen MR) is 105 cm³/mol. The van der Waals surface area contributed by atoms with Crippen molar-refractivity contribution in [3.8, 4) is 0 Å². The molecule has 0 aliphatic carbocycles. The molecule has 1 saturated heterocycles. The van der Waals surface area contributed by atoms with Crippen LogP contribution in [0.3, 0.4) is 0 Å². The monoisotopic (exact) mass is 365 g/mol. The minimum atomic E-state index is 0.104. The van der Waals surface area contributed by atoms with Crippen LogP contribution in [-0.2, 0) is 5.41 Å². The molecule has 0 saturated carbocycles. The van der Waals surface area contributed by atoms with Gasteiger partial charge in [-0.05, 0) is 36.6 Å². The van der Waals surface area contributed by atoms with Crippen LogP contribution in [0.1, 0.15) is 28.8 Å². The van der Waals surface area contributed by atoms with Crippen LogP contribution >= 0.6 is 11.6 Å². The van der Waals surface area contributed by atoms with Gasteiger partial charge in [-0.2, -0.15) is 0 Å². The molecule has 2 aliphatic heterocycles. The molecule has 0 radical (unpaired) electrons. The van der Waals surface area contributed by atoms with E-state index in [2.05, 4.69) is 34.6 Å². The average Bonchev–Trinajstić information content (AvgIpc) is 3.24. The quantitative estimate of drug-likeness (QED) is 0.670. The fraction of sp³-hybridized carbons (Fsp3) is 0.286. The van der Waals surface area contributed by atoms with E-state index in [-0.39, 0.29) is 11.3 Å². The van der Waals surface area contributed by atoms with Crippen molar-refractivity contribution in [2.75, 3.05) is 25.0 Å². The summed E-state index contributed by atoms with van der Waals surface area (Å²) in [4.78, 5) is 18.2. The van der Waals surface area contributed by atoms with E-state index >= 15 is 0 Å². The summed E-state index contributed by atoms with van der Waals surface area (Å²) in [5.74, 6) is 0.104. The number of benzene rings is 2. The van der Waals surface area contributed by atoms with E-state index in [9.17, 15) is 4.79 Å². The molecule has 3 heterocycles. The van der Waals surface area contributed by atoms with E-state index in [0.717, 1.165) is 48.9 Å². The zero-order valence-corrected chi connectivity index (χ0v) is 15.1. The molecule has 5 rings (SSSR count). The Hall–Kier alpha value is -2.46. The number of aromatic amines is 1. The standard InChI is InChI=1S/C21H20ClN3O/c22-14-5-6-15-16(12-23-19(15)11-14)20(26)25-9-7-21(8-10-25)13-24-18-4-2-1-3-17(18)21/h1-6,11-12,23-24H,7-10,13H2. The number of amides is 1. The number of nitrogens with zero attached hydrogens (tertiary/aromatic N) is 1. The van der Waals surface area contributed by atoms with Gasteiger partial charge in [0, 0.05) is 52.9 Å². The molecule has 0 bridgehead atoms. The van der Waals surface area contributed by atoms with Crippen LogP contribution in [-0.4, -0.2) is 35.4 Å². The summed E-state index contributed by atoms with van der Waals surface area (Å²) < 4.78 is 0. The summed E-state index contributed by atoms with van der Waals surface area (Å²) in [5.41, 5.74) is 4.47. The number of hydrogen-bond donors (Lipinski definition) is 2. The molecule has 5 heteroatoms. The molecule has 2 aliphatic rings. The molecule has 1 aromatic heterocycles. The molecular weight excluding hydrogens is 346 g/mol. The van der Waals surface area contributed by atoms with Crippen LogP contribution in [0, 0.1) is 0 Å². The summed E-state index contributed by atoms with van der Waals surface area (Å²) in [7, 11) is 0. The average molecular weight is 366 g/mol. The van der Waals surface area contributed by atoms with E-state index in [1.54, 1.807) is 6.20 Å². The van der Waals surface area contributed by atoms with Gasteiger partial charge in [0.15, 0.2) is 0 Å². The third kappa shape index (κ3) is 2.32. The smallest absolute Gasteiger partial charge is 0.256 e. The summed E-state index contributed by atoms with van der Waals surface area (Å²) in [6.45, 7) is 2.55. The molecule has 3 aromatic rings. The Morgan fingerprint density at radius 1 is 1.12 bits per heavy atom. The van der Waals surface area contributed by atoms with E-state index in [1.165, 1.54) is 11.3 Å². The number of para-hydroxylation sites is 1. The van der Waals surface area contributed by atoms with Crippen molar-refractivity contribution in [1.82, 2.24) is 9.88 Å². The number of piperidine rings is 1. The van der Waals surface area contributed by atoms with Crippen LogP contribution in [0.2, 0.25) is 5.02 Å². The highest BCUT2D eigenvalue weighted by atomic mass is 35.5. The number of rotatable bonds is 1. The Morgan fingerprint density at radius 2 is 1.92 bits per heavy atom. The van der Waals surface area contributed by atoms with Gasteiger partial charge in [0.1, 0.15) is 0 Å². The molecule has 4 nitrogen and oxygen atoms in total. The summed E-state index contributed by atoms with van der Waals surface area (Å²) in [6, 6.07) is 14.2. The van der Waals surface area contributed by atoms with Gasteiger partial charge in [-0.15, -0.1) is 0 Å². The highest BCUT2D eigenvalue weighted by molar-refractivity contribution is 6.31. The van der Waals surface area contributed by atoms with Gasteiger partial charge in [-0.1, -0.05) is 35.9 Å². The SMILES string of the molecule is O=C(c1c[nH]c2cc(Cl)ccc12)N1CCC2(CC1)CNc1ccccc12. The lowest BCUT2D eigenvalue weighted by Crippen LogP contribution is -2.46. The lowest BCUT2D eigenvalue weighted by Gasteiger charge is -2.39. The van der Waals surface area contributed by atoms with Crippen LogP contribution < -0.4 is 5.32 Å². The highest BCUT2D eigenvalue weighted by Gasteiger charge is 2.42. The van der Waals surface area contributed by atoms with Crippen molar-refractivity contribution in [2.24, 2.45) is 0 Å². The third-order valence-corrected chi connectivity index (χ3v) is 6.23. The number of carbonyl (C=O) groups is 1. The normalized spacial score (nSPS) is 18.1. The molecular formula is C21H20ClN3O. The Bertz CT molecular complexity index is 1000. The minimum absolute atomic E-state index is 0.104. The molecule has 1 fully saturated rings. The lowest BCUT2D eigenvalue weighted by molar-refractivity contribution is 0.0678. The van der Waals surface area contributed by atoms with E-state index in [0.29, 0.717) is 5.02 Å². The van der Waals surface area contributed by atoms with Crippen LogP contribution in [0.25, 0.3) is 10.9 Å². The Kier molecular flexibility index (Phi) is 3.50. The molecule has 0 unspecified atom stereocenters. The van der Waals surface area contributed by atoms with Crippen molar-refractivity contribution in [2.45, 2.75) is 18.3 Å².